The average molecular weight is 227 g/mol. The van der Waals surface area contributed by atoms with Crippen LogP contribution in [0.25, 0.3) is 5.69 Å². The van der Waals surface area contributed by atoms with Crippen LogP contribution in [0.2, 0.25) is 0 Å². The maximum absolute atomic E-state index is 5.82. The van der Waals surface area contributed by atoms with Crippen LogP contribution in [0.5, 0.6) is 0 Å². The van der Waals surface area contributed by atoms with Gasteiger partial charge in [0.25, 0.3) is 0 Å². The third-order valence-corrected chi connectivity index (χ3v) is 3.64. The molecule has 3 rings (SSSR count). The SMILES string of the molecule is Cc1cccc(-n2ccc(C3(CN)CC3)n2)c1. The molecule has 88 valence electrons. The molecule has 1 aliphatic rings. The Morgan fingerprint density at radius 1 is 1.35 bits per heavy atom. The monoisotopic (exact) mass is 227 g/mol. The van der Waals surface area contributed by atoms with E-state index in [-0.39, 0.29) is 5.41 Å². The number of hydrogen-bond acceptors (Lipinski definition) is 2. The summed E-state index contributed by atoms with van der Waals surface area (Å²) in [6, 6.07) is 10.5. The minimum absolute atomic E-state index is 0.176. The zero-order chi connectivity index (χ0) is 11.9. The first kappa shape index (κ1) is 10.5. The van der Waals surface area contributed by atoms with Gasteiger partial charge in [-0.25, -0.2) is 4.68 Å². The van der Waals surface area contributed by atoms with Gasteiger partial charge in [0.2, 0.25) is 0 Å². The lowest BCUT2D eigenvalue weighted by molar-refractivity contribution is 0.661. The second kappa shape index (κ2) is 3.70. The number of nitrogens with two attached hydrogens (primary N) is 1. The second-order valence-electron chi connectivity index (χ2n) is 4.97. The standard InChI is InChI=1S/C14H17N3/c1-11-3-2-4-12(9-11)17-8-5-13(16-17)14(10-15)6-7-14/h2-5,8-9H,6-7,10,15H2,1H3. The average Bonchev–Trinajstić information content (AvgIpc) is 2.99. The van der Waals surface area contributed by atoms with E-state index < -0.39 is 0 Å². The van der Waals surface area contributed by atoms with Crippen molar-refractivity contribution < 1.29 is 0 Å². The van der Waals surface area contributed by atoms with Gasteiger partial charge in [0, 0.05) is 18.2 Å². The van der Waals surface area contributed by atoms with Crippen molar-refractivity contribution in [3.8, 4) is 5.69 Å². The third kappa shape index (κ3) is 1.76. The molecule has 1 aromatic carbocycles. The summed E-state index contributed by atoms with van der Waals surface area (Å²) in [6.45, 7) is 2.80. The van der Waals surface area contributed by atoms with E-state index in [0.717, 1.165) is 11.4 Å². The van der Waals surface area contributed by atoms with E-state index in [1.54, 1.807) is 0 Å². The predicted molar refractivity (Wildman–Crippen MR) is 68.3 cm³/mol. The molecule has 17 heavy (non-hydrogen) atoms. The highest BCUT2D eigenvalue weighted by Crippen LogP contribution is 2.46. The molecule has 0 atom stereocenters. The first-order valence-corrected chi connectivity index (χ1v) is 6.07. The van der Waals surface area contributed by atoms with Crippen molar-refractivity contribution in [3.05, 3.63) is 47.8 Å². The van der Waals surface area contributed by atoms with E-state index in [1.807, 2.05) is 10.9 Å². The highest BCUT2D eigenvalue weighted by atomic mass is 15.3. The van der Waals surface area contributed by atoms with Gasteiger partial charge in [-0.3, -0.25) is 0 Å². The third-order valence-electron chi connectivity index (χ3n) is 3.64. The van der Waals surface area contributed by atoms with Crippen LogP contribution in [-0.2, 0) is 5.41 Å². The Morgan fingerprint density at radius 2 is 2.18 bits per heavy atom. The quantitative estimate of drug-likeness (QED) is 0.873. The zero-order valence-corrected chi connectivity index (χ0v) is 10.1. The number of hydrogen-bond donors (Lipinski definition) is 1. The Labute approximate surface area is 101 Å². The maximum atomic E-state index is 5.82. The van der Waals surface area contributed by atoms with E-state index >= 15 is 0 Å². The molecule has 0 unspecified atom stereocenters. The van der Waals surface area contributed by atoms with Crippen molar-refractivity contribution >= 4 is 0 Å². The number of aromatic nitrogens is 2. The fourth-order valence-corrected chi connectivity index (χ4v) is 2.24. The fourth-order valence-electron chi connectivity index (χ4n) is 2.24. The van der Waals surface area contributed by atoms with E-state index in [4.69, 9.17) is 5.73 Å². The molecular formula is C14H17N3. The molecule has 0 saturated heterocycles. The summed E-state index contributed by atoms with van der Waals surface area (Å²) in [7, 11) is 0. The molecule has 0 bridgehead atoms. The molecule has 1 aliphatic carbocycles. The zero-order valence-electron chi connectivity index (χ0n) is 10.1. The van der Waals surface area contributed by atoms with Crippen LogP contribution in [0.4, 0.5) is 0 Å². The molecule has 1 saturated carbocycles. The molecule has 0 aliphatic heterocycles. The van der Waals surface area contributed by atoms with Gasteiger partial charge >= 0.3 is 0 Å². The molecule has 0 amide bonds. The van der Waals surface area contributed by atoms with Crippen LogP contribution >= 0.6 is 0 Å². The Balaban J connectivity index is 1.95. The van der Waals surface area contributed by atoms with Gasteiger partial charge < -0.3 is 5.73 Å². The normalized spacial score (nSPS) is 17.1. The first-order chi connectivity index (χ1) is 8.23. The largest absolute Gasteiger partial charge is 0.330 e. The summed E-state index contributed by atoms with van der Waals surface area (Å²) >= 11 is 0. The fraction of sp³-hybridized carbons (Fsp3) is 0.357. The Morgan fingerprint density at radius 3 is 2.82 bits per heavy atom. The van der Waals surface area contributed by atoms with Gasteiger partial charge in [0.05, 0.1) is 11.4 Å². The smallest absolute Gasteiger partial charge is 0.0703 e. The molecule has 1 heterocycles. The van der Waals surface area contributed by atoms with Crippen molar-refractivity contribution in [2.24, 2.45) is 5.73 Å². The van der Waals surface area contributed by atoms with Crippen LogP contribution in [0, 0.1) is 6.92 Å². The Kier molecular flexibility index (Phi) is 2.30. The van der Waals surface area contributed by atoms with E-state index in [0.29, 0.717) is 6.54 Å². The van der Waals surface area contributed by atoms with Crippen molar-refractivity contribution in [2.75, 3.05) is 6.54 Å². The van der Waals surface area contributed by atoms with Crippen molar-refractivity contribution in [3.63, 3.8) is 0 Å². The number of nitrogens with zero attached hydrogens (tertiary/aromatic N) is 2. The van der Waals surface area contributed by atoms with E-state index in [2.05, 4.69) is 42.4 Å². The number of rotatable bonds is 3. The second-order valence-corrected chi connectivity index (χ2v) is 4.97. The molecule has 0 spiro atoms. The first-order valence-electron chi connectivity index (χ1n) is 6.07. The van der Waals surface area contributed by atoms with Gasteiger partial charge in [-0.1, -0.05) is 12.1 Å². The number of aryl methyl sites for hydroxylation is 1. The lowest BCUT2D eigenvalue weighted by atomic mass is 10.0. The summed E-state index contributed by atoms with van der Waals surface area (Å²) in [5.41, 5.74) is 9.50. The summed E-state index contributed by atoms with van der Waals surface area (Å²) in [5.74, 6) is 0. The maximum Gasteiger partial charge on any atom is 0.0703 e. The molecule has 0 radical (unpaired) electrons. The molecule has 3 nitrogen and oxygen atoms in total. The van der Waals surface area contributed by atoms with Gasteiger partial charge in [0.1, 0.15) is 0 Å². The van der Waals surface area contributed by atoms with Crippen molar-refractivity contribution in [1.29, 1.82) is 0 Å². The topological polar surface area (TPSA) is 43.8 Å². The molecule has 3 heteroatoms. The minimum Gasteiger partial charge on any atom is -0.330 e. The molecule has 2 aromatic rings. The van der Waals surface area contributed by atoms with E-state index in [1.165, 1.54) is 18.4 Å². The Bertz CT molecular complexity index is 538. The predicted octanol–water partition coefficient (Wildman–Crippen LogP) is 2.17. The van der Waals surface area contributed by atoms with Crippen LogP contribution in [0.15, 0.2) is 36.5 Å². The van der Waals surface area contributed by atoms with Gasteiger partial charge in [-0.05, 0) is 43.5 Å². The van der Waals surface area contributed by atoms with Gasteiger partial charge in [-0.15, -0.1) is 0 Å². The molecule has 1 aromatic heterocycles. The van der Waals surface area contributed by atoms with Crippen LogP contribution in [0.1, 0.15) is 24.1 Å². The summed E-state index contributed by atoms with van der Waals surface area (Å²) < 4.78 is 1.94. The summed E-state index contributed by atoms with van der Waals surface area (Å²) in [5, 5.41) is 4.66. The lowest BCUT2D eigenvalue weighted by Crippen LogP contribution is -2.20. The van der Waals surface area contributed by atoms with Gasteiger partial charge in [-0.2, -0.15) is 5.10 Å². The summed E-state index contributed by atoms with van der Waals surface area (Å²) in [6.07, 6.45) is 4.38. The summed E-state index contributed by atoms with van der Waals surface area (Å²) in [4.78, 5) is 0. The highest BCUT2D eigenvalue weighted by Gasteiger charge is 2.44. The number of benzene rings is 1. The Hall–Kier alpha value is -1.61. The molecular weight excluding hydrogens is 210 g/mol. The lowest BCUT2D eigenvalue weighted by Gasteiger charge is -2.08. The van der Waals surface area contributed by atoms with Crippen molar-refractivity contribution in [2.45, 2.75) is 25.2 Å². The van der Waals surface area contributed by atoms with Crippen LogP contribution in [0.3, 0.4) is 0 Å². The van der Waals surface area contributed by atoms with Gasteiger partial charge in [0.15, 0.2) is 0 Å². The van der Waals surface area contributed by atoms with Crippen LogP contribution in [-0.4, -0.2) is 16.3 Å². The van der Waals surface area contributed by atoms with Crippen LogP contribution < -0.4 is 5.73 Å². The van der Waals surface area contributed by atoms with Crippen molar-refractivity contribution in [1.82, 2.24) is 9.78 Å². The minimum atomic E-state index is 0.176. The van der Waals surface area contributed by atoms with E-state index in [9.17, 15) is 0 Å². The molecule has 1 fully saturated rings. The highest BCUT2D eigenvalue weighted by molar-refractivity contribution is 5.36. The molecule has 2 N–H and O–H groups in total.